The molecule has 6 nitrogen and oxygen atoms in total. The zero-order chi connectivity index (χ0) is 16.4. The van der Waals surface area contributed by atoms with Gasteiger partial charge in [-0.15, -0.1) is 0 Å². The Bertz CT molecular complexity index is 694. The van der Waals surface area contributed by atoms with Crippen LogP contribution in [0.3, 0.4) is 0 Å². The molecule has 0 aliphatic carbocycles. The van der Waals surface area contributed by atoms with Gasteiger partial charge < -0.3 is 9.64 Å². The number of amides is 1. The predicted molar refractivity (Wildman–Crippen MR) is 87.0 cm³/mol. The molecule has 0 radical (unpaired) electrons. The average Bonchev–Trinajstić information content (AvgIpc) is 2.54. The first-order valence-corrected chi connectivity index (χ1v) is 9.76. The molecule has 0 unspecified atom stereocenters. The highest BCUT2D eigenvalue weighted by Crippen LogP contribution is 2.26. The number of benzene rings is 1. The van der Waals surface area contributed by atoms with Gasteiger partial charge in [0, 0.05) is 26.2 Å². The largest absolute Gasteiger partial charge is 0.493 e. The molecule has 0 atom stereocenters. The molecule has 0 bridgehead atoms. The number of aryl methyl sites for hydroxylation is 1. The fourth-order valence-electron chi connectivity index (χ4n) is 3.08. The molecular formula is C16H22N2O4S. The summed E-state index contributed by atoms with van der Waals surface area (Å²) in [5.41, 5.74) is 2.16. The van der Waals surface area contributed by atoms with E-state index >= 15 is 0 Å². The van der Waals surface area contributed by atoms with Crippen molar-refractivity contribution >= 4 is 15.9 Å². The van der Waals surface area contributed by atoms with Crippen LogP contribution in [0, 0.1) is 0 Å². The van der Waals surface area contributed by atoms with Gasteiger partial charge in [-0.25, -0.2) is 8.42 Å². The molecule has 3 rings (SSSR count). The summed E-state index contributed by atoms with van der Waals surface area (Å²) in [6, 6.07) is 5.94. The number of hydrogen-bond acceptors (Lipinski definition) is 4. The van der Waals surface area contributed by atoms with Gasteiger partial charge in [0.15, 0.2) is 0 Å². The van der Waals surface area contributed by atoms with Crippen LogP contribution in [-0.2, 0) is 27.7 Å². The first kappa shape index (κ1) is 16.3. The maximum atomic E-state index is 12.4. The summed E-state index contributed by atoms with van der Waals surface area (Å²) in [7, 11) is -3.16. The van der Waals surface area contributed by atoms with Crippen LogP contribution in [0.15, 0.2) is 18.2 Å². The Labute approximate surface area is 137 Å². The van der Waals surface area contributed by atoms with Crippen LogP contribution in [0.1, 0.15) is 17.5 Å². The van der Waals surface area contributed by atoms with E-state index in [2.05, 4.69) is 6.07 Å². The number of hydrogen-bond donors (Lipinski definition) is 0. The van der Waals surface area contributed by atoms with Crippen molar-refractivity contribution in [3.63, 3.8) is 0 Å². The van der Waals surface area contributed by atoms with Crippen molar-refractivity contribution in [1.82, 2.24) is 9.21 Å². The van der Waals surface area contributed by atoms with Gasteiger partial charge in [-0.1, -0.05) is 12.1 Å². The van der Waals surface area contributed by atoms with Gasteiger partial charge >= 0.3 is 0 Å². The Morgan fingerprint density at radius 3 is 2.65 bits per heavy atom. The first-order valence-electron chi connectivity index (χ1n) is 7.91. The van der Waals surface area contributed by atoms with E-state index in [9.17, 15) is 13.2 Å². The molecule has 0 spiro atoms. The minimum Gasteiger partial charge on any atom is -0.493 e. The van der Waals surface area contributed by atoms with E-state index in [-0.39, 0.29) is 5.91 Å². The number of fused-ring (bicyclic) bond motifs is 1. The van der Waals surface area contributed by atoms with Crippen LogP contribution >= 0.6 is 0 Å². The number of ether oxygens (including phenoxy) is 1. The third kappa shape index (κ3) is 3.84. The smallest absolute Gasteiger partial charge is 0.227 e. The number of sulfonamides is 1. The van der Waals surface area contributed by atoms with Gasteiger partial charge in [-0.3, -0.25) is 4.79 Å². The predicted octanol–water partition coefficient (Wildman–Crippen LogP) is 0.658. The van der Waals surface area contributed by atoms with E-state index in [0.717, 1.165) is 30.8 Å². The molecule has 1 saturated heterocycles. The van der Waals surface area contributed by atoms with E-state index in [1.807, 2.05) is 12.1 Å². The number of piperazine rings is 1. The third-order valence-corrected chi connectivity index (χ3v) is 5.69. The maximum absolute atomic E-state index is 12.4. The number of rotatable bonds is 3. The van der Waals surface area contributed by atoms with Crippen LogP contribution in [0.5, 0.6) is 5.75 Å². The summed E-state index contributed by atoms with van der Waals surface area (Å²) in [6.45, 7) is 2.43. The molecule has 0 N–H and O–H groups in total. The Morgan fingerprint density at radius 2 is 1.96 bits per heavy atom. The molecule has 2 aliphatic rings. The summed E-state index contributed by atoms with van der Waals surface area (Å²) in [4.78, 5) is 14.2. The molecular weight excluding hydrogens is 316 g/mol. The van der Waals surface area contributed by atoms with Crippen molar-refractivity contribution in [2.75, 3.05) is 39.0 Å². The van der Waals surface area contributed by atoms with Crippen molar-refractivity contribution in [3.8, 4) is 5.75 Å². The molecule has 126 valence electrons. The summed E-state index contributed by atoms with van der Waals surface area (Å²) in [5.74, 6) is 0.976. The lowest BCUT2D eigenvalue weighted by Crippen LogP contribution is -2.50. The SMILES string of the molecule is CS(=O)(=O)N1CCN(C(=O)Cc2ccc3c(c2)CCCO3)CC1. The molecule has 0 aromatic heterocycles. The van der Waals surface area contributed by atoms with Crippen molar-refractivity contribution < 1.29 is 17.9 Å². The quantitative estimate of drug-likeness (QED) is 0.812. The van der Waals surface area contributed by atoms with E-state index in [0.29, 0.717) is 32.6 Å². The van der Waals surface area contributed by atoms with Crippen LogP contribution in [0.4, 0.5) is 0 Å². The van der Waals surface area contributed by atoms with Crippen LogP contribution < -0.4 is 4.74 Å². The normalized spacial score (nSPS) is 19.1. The molecule has 23 heavy (non-hydrogen) atoms. The Morgan fingerprint density at radius 1 is 1.22 bits per heavy atom. The highest BCUT2D eigenvalue weighted by molar-refractivity contribution is 7.88. The third-order valence-electron chi connectivity index (χ3n) is 4.39. The van der Waals surface area contributed by atoms with E-state index < -0.39 is 10.0 Å². The molecule has 1 aromatic carbocycles. The maximum Gasteiger partial charge on any atom is 0.227 e. The van der Waals surface area contributed by atoms with E-state index in [4.69, 9.17) is 4.74 Å². The second-order valence-corrected chi connectivity index (χ2v) is 8.10. The van der Waals surface area contributed by atoms with Gasteiger partial charge in [0.25, 0.3) is 0 Å². The number of carbonyl (C=O) groups excluding carboxylic acids is 1. The average molecular weight is 338 g/mol. The second-order valence-electron chi connectivity index (χ2n) is 6.11. The van der Waals surface area contributed by atoms with Gasteiger partial charge in [0.05, 0.1) is 19.3 Å². The van der Waals surface area contributed by atoms with E-state index in [1.165, 1.54) is 16.1 Å². The van der Waals surface area contributed by atoms with Crippen LogP contribution in [0.2, 0.25) is 0 Å². The molecule has 0 saturated carbocycles. The van der Waals surface area contributed by atoms with Crippen molar-refractivity contribution in [1.29, 1.82) is 0 Å². The lowest BCUT2D eigenvalue weighted by atomic mass is 10.0. The molecule has 7 heteroatoms. The summed E-state index contributed by atoms with van der Waals surface area (Å²) in [6.07, 6.45) is 3.56. The second kappa shape index (κ2) is 6.49. The summed E-state index contributed by atoms with van der Waals surface area (Å²) >= 11 is 0. The lowest BCUT2D eigenvalue weighted by Gasteiger charge is -2.33. The summed E-state index contributed by atoms with van der Waals surface area (Å²) in [5, 5.41) is 0. The Kier molecular flexibility index (Phi) is 4.59. The van der Waals surface area contributed by atoms with E-state index in [1.54, 1.807) is 4.90 Å². The zero-order valence-corrected chi connectivity index (χ0v) is 14.1. The van der Waals surface area contributed by atoms with Crippen molar-refractivity contribution in [2.45, 2.75) is 19.3 Å². The zero-order valence-electron chi connectivity index (χ0n) is 13.3. The minimum atomic E-state index is -3.16. The first-order chi connectivity index (χ1) is 10.9. The van der Waals surface area contributed by atoms with Gasteiger partial charge in [-0.05, 0) is 30.0 Å². The lowest BCUT2D eigenvalue weighted by molar-refractivity contribution is -0.131. The highest BCUT2D eigenvalue weighted by atomic mass is 32.2. The van der Waals surface area contributed by atoms with Crippen LogP contribution in [-0.4, -0.2) is 62.6 Å². The Balaban J connectivity index is 1.60. The fraction of sp³-hybridized carbons (Fsp3) is 0.562. The molecule has 1 amide bonds. The van der Waals surface area contributed by atoms with Crippen LogP contribution in [0.25, 0.3) is 0 Å². The van der Waals surface area contributed by atoms with Crippen molar-refractivity contribution in [2.24, 2.45) is 0 Å². The molecule has 2 heterocycles. The number of carbonyl (C=O) groups is 1. The number of nitrogens with zero attached hydrogens (tertiary/aromatic N) is 2. The Hall–Kier alpha value is -1.60. The molecule has 1 aromatic rings. The summed E-state index contributed by atoms with van der Waals surface area (Å²) < 4.78 is 30.0. The monoisotopic (exact) mass is 338 g/mol. The topological polar surface area (TPSA) is 66.9 Å². The van der Waals surface area contributed by atoms with Gasteiger partial charge in [-0.2, -0.15) is 4.31 Å². The molecule has 1 fully saturated rings. The standard InChI is InChI=1S/C16H22N2O4S/c1-23(20,21)18-8-6-17(7-9-18)16(19)12-13-4-5-15-14(11-13)3-2-10-22-15/h4-5,11H,2-3,6-10,12H2,1H3. The van der Waals surface area contributed by atoms with Gasteiger partial charge in [0.2, 0.25) is 15.9 Å². The fourth-order valence-corrected chi connectivity index (χ4v) is 3.91. The minimum absolute atomic E-state index is 0.0508. The van der Waals surface area contributed by atoms with Gasteiger partial charge in [0.1, 0.15) is 5.75 Å². The van der Waals surface area contributed by atoms with Crippen molar-refractivity contribution in [3.05, 3.63) is 29.3 Å². The molecule has 2 aliphatic heterocycles. The highest BCUT2D eigenvalue weighted by Gasteiger charge is 2.26.